The van der Waals surface area contributed by atoms with Gasteiger partial charge in [0.15, 0.2) is 0 Å². The molecule has 0 heterocycles. The van der Waals surface area contributed by atoms with Gasteiger partial charge in [0.1, 0.15) is 5.75 Å². The van der Waals surface area contributed by atoms with E-state index < -0.39 is 0 Å². The minimum Gasteiger partial charge on any atom is -0.495 e. The third-order valence-corrected chi connectivity index (χ3v) is 2.69. The van der Waals surface area contributed by atoms with Crippen molar-refractivity contribution in [2.24, 2.45) is 0 Å². The van der Waals surface area contributed by atoms with Gasteiger partial charge in [-0.15, -0.1) is 0 Å². The first-order valence-corrected chi connectivity index (χ1v) is 5.65. The number of ether oxygens (including phenoxy) is 1. The van der Waals surface area contributed by atoms with Crippen molar-refractivity contribution in [3.05, 3.63) is 22.7 Å². The maximum absolute atomic E-state index is 5.22. The molecule has 3 nitrogen and oxygen atoms in total. The zero-order valence-corrected chi connectivity index (χ0v) is 11.0. The van der Waals surface area contributed by atoms with E-state index in [9.17, 15) is 0 Å². The second-order valence-corrected chi connectivity index (χ2v) is 4.43. The van der Waals surface area contributed by atoms with Gasteiger partial charge in [-0.3, -0.25) is 0 Å². The minimum atomic E-state index is 0.852. The van der Waals surface area contributed by atoms with Gasteiger partial charge < -0.3 is 15.0 Å². The normalized spacial score (nSPS) is 10.5. The maximum Gasteiger partial charge on any atom is 0.135 e. The van der Waals surface area contributed by atoms with E-state index in [-0.39, 0.29) is 0 Å². The van der Waals surface area contributed by atoms with Crippen LogP contribution in [0.15, 0.2) is 22.7 Å². The predicted molar refractivity (Wildman–Crippen MR) is 67.7 cm³/mol. The standard InChI is InChI=1S/C11H17BrN2O/c1-14(2)7-6-13-9-4-5-10(12)11(8-9)15-3/h4-5,8,13H,6-7H2,1-3H3. The van der Waals surface area contributed by atoms with Crippen LogP contribution in [0.2, 0.25) is 0 Å². The topological polar surface area (TPSA) is 24.5 Å². The second-order valence-electron chi connectivity index (χ2n) is 3.58. The van der Waals surface area contributed by atoms with Gasteiger partial charge in [-0.25, -0.2) is 0 Å². The highest BCUT2D eigenvalue weighted by molar-refractivity contribution is 9.10. The summed E-state index contributed by atoms with van der Waals surface area (Å²) in [5.74, 6) is 0.852. The number of nitrogens with one attached hydrogen (secondary N) is 1. The lowest BCUT2D eigenvalue weighted by molar-refractivity contribution is 0.412. The van der Waals surface area contributed by atoms with Gasteiger partial charge in [0, 0.05) is 24.8 Å². The number of benzene rings is 1. The molecular formula is C11H17BrN2O. The molecule has 0 radical (unpaired) electrons. The van der Waals surface area contributed by atoms with Crippen molar-refractivity contribution in [3.63, 3.8) is 0 Å². The van der Waals surface area contributed by atoms with Crippen LogP contribution in [0.1, 0.15) is 0 Å². The molecule has 0 spiro atoms. The Morgan fingerprint density at radius 1 is 1.40 bits per heavy atom. The van der Waals surface area contributed by atoms with Crippen molar-refractivity contribution in [2.45, 2.75) is 0 Å². The lowest BCUT2D eigenvalue weighted by Gasteiger charge is -2.12. The first-order valence-electron chi connectivity index (χ1n) is 4.85. The fourth-order valence-electron chi connectivity index (χ4n) is 1.19. The van der Waals surface area contributed by atoms with Crippen molar-refractivity contribution >= 4 is 21.6 Å². The molecule has 0 aliphatic heterocycles. The SMILES string of the molecule is COc1cc(NCCN(C)C)ccc1Br. The van der Waals surface area contributed by atoms with E-state index in [0.29, 0.717) is 0 Å². The predicted octanol–water partition coefficient (Wildman–Crippen LogP) is 2.43. The molecule has 84 valence electrons. The van der Waals surface area contributed by atoms with Crippen LogP contribution >= 0.6 is 15.9 Å². The molecule has 0 aromatic heterocycles. The van der Waals surface area contributed by atoms with Crippen LogP contribution in [-0.4, -0.2) is 39.2 Å². The Labute approximate surface area is 99.5 Å². The summed E-state index contributed by atoms with van der Waals surface area (Å²) in [5.41, 5.74) is 1.08. The van der Waals surface area contributed by atoms with E-state index in [0.717, 1.165) is 29.0 Å². The summed E-state index contributed by atoms with van der Waals surface area (Å²) in [6.07, 6.45) is 0. The average molecular weight is 273 g/mol. The summed E-state index contributed by atoms with van der Waals surface area (Å²) < 4.78 is 6.19. The molecule has 0 bridgehead atoms. The monoisotopic (exact) mass is 272 g/mol. The number of anilines is 1. The lowest BCUT2D eigenvalue weighted by atomic mass is 10.3. The first kappa shape index (κ1) is 12.3. The highest BCUT2D eigenvalue weighted by Crippen LogP contribution is 2.27. The smallest absolute Gasteiger partial charge is 0.135 e. The Bertz CT molecular complexity index is 315. The zero-order chi connectivity index (χ0) is 11.3. The molecule has 0 aliphatic rings. The number of nitrogens with zero attached hydrogens (tertiary/aromatic N) is 1. The number of likely N-dealkylation sites (N-methyl/N-ethyl adjacent to an activating group) is 1. The molecule has 1 N–H and O–H groups in total. The number of hydrogen-bond donors (Lipinski definition) is 1. The Hall–Kier alpha value is -0.740. The number of hydrogen-bond acceptors (Lipinski definition) is 3. The highest BCUT2D eigenvalue weighted by Gasteiger charge is 2.00. The van der Waals surface area contributed by atoms with E-state index in [1.807, 2.05) is 18.2 Å². The number of methoxy groups -OCH3 is 1. The molecule has 0 amide bonds. The van der Waals surface area contributed by atoms with Crippen LogP contribution in [0.25, 0.3) is 0 Å². The molecule has 0 aliphatic carbocycles. The average Bonchev–Trinajstić information content (AvgIpc) is 2.20. The molecule has 0 fully saturated rings. The molecule has 0 atom stereocenters. The fourth-order valence-corrected chi connectivity index (χ4v) is 1.60. The third-order valence-electron chi connectivity index (χ3n) is 2.04. The largest absolute Gasteiger partial charge is 0.495 e. The summed E-state index contributed by atoms with van der Waals surface area (Å²) in [6.45, 7) is 1.94. The molecule has 1 aromatic rings. The number of halogens is 1. The first-order chi connectivity index (χ1) is 7.13. The van der Waals surface area contributed by atoms with Gasteiger partial charge in [-0.2, -0.15) is 0 Å². The van der Waals surface area contributed by atoms with Crippen LogP contribution in [0.4, 0.5) is 5.69 Å². The molecule has 4 heteroatoms. The minimum absolute atomic E-state index is 0.852. The van der Waals surface area contributed by atoms with Crippen LogP contribution < -0.4 is 10.1 Å². The second kappa shape index (κ2) is 5.98. The highest BCUT2D eigenvalue weighted by atomic mass is 79.9. The quantitative estimate of drug-likeness (QED) is 0.891. The van der Waals surface area contributed by atoms with Crippen molar-refractivity contribution < 1.29 is 4.74 Å². The summed E-state index contributed by atoms with van der Waals surface area (Å²) in [6, 6.07) is 6.00. The number of rotatable bonds is 5. The van der Waals surface area contributed by atoms with Crippen LogP contribution in [0.5, 0.6) is 5.75 Å². The molecular weight excluding hydrogens is 256 g/mol. The van der Waals surface area contributed by atoms with Crippen molar-refractivity contribution in [3.8, 4) is 5.75 Å². The third kappa shape index (κ3) is 4.10. The van der Waals surface area contributed by atoms with E-state index in [1.54, 1.807) is 7.11 Å². The molecule has 0 unspecified atom stereocenters. The summed E-state index contributed by atoms with van der Waals surface area (Å²) in [7, 11) is 5.79. The van der Waals surface area contributed by atoms with Crippen LogP contribution in [0, 0.1) is 0 Å². The zero-order valence-electron chi connectivity index (χ0n) is 9.38. The van der Waals surface area contributed by atoms with Crippen molar-refractivity contribution in [1.82, 2.24) is 4.90 Å². The Balaban J connectivity index is 2.54. The summed E-state index contributed by atoms with van der Waals surface area (Å²) in [5, 5.41) is 3.34. The van der Waals surface area contributed by atoms with E-state index >= 15 is 0 Å². The Morgan fingerprint density at radius 3 is 2.73 bits per heavy atom. The molecule has 0 saturated heterocycles. The van der Waals surface area contributed by atoms with Gasteiger partial charge in [-0.1, -0.05) is 0 Å². The lowest BCUT2D eigenvalue weighted by Crippen LogP contribution is -2.20. The van der Waals surface area contributed by atoms with E-state index in [4.69, 9.17) is 4.74 Å². The molecule has 1 aromatic carbocycles. The fraction of sp³-hybridized carbons (Fsp3) is 0.455. The molecule has 1 rings (SSSR count). The Kier molecular flexibility index (Phi) is 4.91. The molecule has 0 saturated carbocycles. The van der Waals surface area contributed by atoms with Gasteiger partial charge >= 0.3 is 0 Å². The van der Waals surface area contributed by atoms with Gasteiger partial charge in [-0.05, 0) is 42.2 Å². The van der Waals surface area contributed by atoms with Crippen LogP contribution in [-0.2, 0) is 0 Å². The van der Waals surface area contributed by atoms with Gasteiger partial charge in [0.05, 0.1) is 11.6 Å². The maximum atomic E-state index is 5.22. The van der Waals surface area contributed by atoms with Crippen molar-refractivity contribution in [2.75, 3.05) is 39.6 Å². The Morgan fingerprint density at radius 2 is 2.13 bits per heavy atom. The summed E-state index contributed by atoms with van der Waals surface area (Å²) >= 11 is 3.42. The van der Waals surface area contributed by atoms with Crippen molar-refractivity contribution in [1.29, 1.82) is 0 Å². The summed E-state index contributed by atoms with van der Waals surface area (Å²) in [4.78, 5) is 2.14. The molecule has 15 heavy (non-hydrogen) atoms. The van der Waals surface area contributed by atoms with Crippen LogP contribution in [0.3, 0.4) is 0 Å². The van der Waals surface area contributed by atoms with E-state index in [1.165, 1.54) is 0 Å². The van der Waals surface area contributed by atoms with E-state index in [2.05, 4.69) is 40.2 Å². The van der Waals surface area contributed by atoms with Gasteiger partial charge in [0.2, 0.25) is 0 Å². The van der Waals surface area contributed by atoms with Gasteiger partial charge in [0.25, 0.3) is 0 Å².